The third-order valence-corrected chi connectivity index (χ3v) is 5.49. The normalized spacial score (nSPS) is 11.2. The molecular formula is C15H14ClFN2O5S. The van der Waals surface area contributed by atoms with Gasteiger partial charge in [0.05, 0.1) is 24.3 Å². The summed E-state index contributed by atoms with van der Waals surface area (Å²) in [5, 5.41) is 10.2. The minimum absolute atomic E-state index is 0.0513. The standard InChI is InChI=1S/C15H14ClFN2O5S/c1-24-13-5-2-11(3-6-13)9-18(25(22,23)10-16)12-4-7-14(17)15(8-12)19(20)21/h2-8H,9-10H2,1H3. The third kappa shape index (κ3) is 4.37. The third-order valence-electron chi connectivity index (χ3n) is 3.37. The molecule has 7 nitrogen and oxygen atoms in total. The highest BCUT2D eigenvalue weighted by Gasteiger charge is 2.25. The first kappa shape index (κ1) is 18.9. The fraction of sp³-hybridized carbons (Fsp3) is 0.200. The summed E-state index contributed by atoms with van der Waals surface area (Å²) in [4.78, 5) is 9.98. The number of ether oxygens (including phenoxy) is 1. The van der Waals surface area contributed by atoms with E-state index < -0.39 is 31.7 Å². The molecule has 134 valence electrons. The molecule has 0 aliphatic carbocycles. The molecule has 2 rings (SSSR count). The second kappa shape index (κ2) is 7.66. The van der Waals surface area contributed by atoms with Crippen molar-refractivity contribution >= 4 is 33.0 Å². The van der Waals surface area contributed by atoms with Crippen LogP contribution in [0.15, 0.2) is 42.5 Å². The molecule has 0 N–H and O–H groups in total. The zero-order valence-corrected chi connectivity index (χ0v) is 14.6. The Balaban J connectivity index is 2.46. The summed E-state index contributed by atoms with van der Waals surface area (Å²) in [6, 6.07) is 9.44. The molecule has 2 aromatic rings. The Morgan fingerprint density at radius 3 is 2.40 bits per heavy atom. The summed E-state index contributed by atoms with van der Waals surface area (Å²) in [5.74, 6) is -0.464. The van der Waals surface area contributed by atoms with Crippen molar-refractivity contribution in [3.8, 4) is 5.75 Å². The van der Waals surface area contributed by atoms with Crippen molar-refractivity contribution in [2.75, 3.05) is 16.6 Å². The van der Waals surface area contributed by atoms with E-state index in [0.717, 1.165) is 22.5 Å². The van der Waals surface area contributed by atoms with Gasteiger partial charge in [-0.25, -0.2) is 8.42 Å². The van der Waals surface area contributed by atoms with Gasteiger partial charge in [0.2, 0.25) is 15.8 Å². The van der Waals surface area contributed by atoms with E-state index in [9.17, 15) is 22.9 Å². The predicted octanol–water partition coefficient (Wildman–Crippen LogP) is 3.28. The van der Waals surface area contributed by atoms with Crippen LogP contribution in [0.3, 0.4) is 0 Å². The number of nitro groups is 1. The summed E-state index contributed by atoms with van der Waals surface area (Å²) < 4.78 is 44.1. The van der Waals surface area contributed by atoms with Crippen LogP contribution < -0.4 is 9.04 Å². The summed E-state index contributed by atoms with van der Waals surface area (Å²) in [5.41, 5.74) is -0.270. The maximum atomic E-state index is 13.5. The molecule has 0 radical (unpaired) electrons. The first-order chi connectivity index (χ1) is 11.8. The van der Waals surface area contributed by atoms with Crippen LogP contribution in [0.1, 0.15) is 5.56 Å². The Bertz CT molecular complexity index is 874. The second-order valence-electron chi connectivity index (χ2n) is 4.97. The zero-order valence-electron chi connectivity index (χ0n) is 13.1. The minimum Gasteiger partial charge on any atom is -0.497 e. The smallest absolute Gasteiger partial charge is 0.306 e. The van der Waals surface area contributed by atoms with Crippen molar-refractivity contribution in [1.29, 1.82) is 0 Å². The molecule has 0 unspecified atom stereocenters. The van der Waals surface area contributed by atoms with Gasteiger partial charge in [0.1, 0.15) is 11.0 Å². The molecule has 0 aliphatic rings. The number of anilines is 1. The summed E-state index contributed by atoms with van der Waals surface area (Å²) in [6.07, 6.45) is 0. The van der Waals surface area contributed by atoms with E-state index >= 15 is 0 Å². The Hall–Kier alpha value is -2.39. The topological polar surface area (TPSA) is 89.8 Å². The second-order valence-corrected chi connectivity index (χ2v) is 7.45. The molecule has 0 aromatic heterocycles. The number of sulfonamides is 1. The van der Waals surface area contributed by atoms with Crippen molar-refractivity contribution in [1.82, 2.24) is 0 Å². The lowest BCUT2D eigenvalue weighted by atomic mass is 10.2. The average Bonchev–Trinajstić information content (AvgIpc) is 2.60. The monoisotopic (exact) mass is 388 g/mol. The van der Waals surface area contributed by atoms with Crippen LogP contribution in [-0.2, 0) is 16.6 Å². The average molecular weight is 389 g/mol. The molecule has 0 amide bonds. The number of methoxy groups -OCH3 is 1. The molecular weight excluding hydrogens is 375 g/mol. The van der Waals surface area contributed by atoms with Crippen molar-refractivity contribution in [3.05, 3.63) is 64.0 Å². The fourth-order valence-corrected chi connectivity index (χ4v) is 3.35. The highest BCUT2D eigenvalue weighted by molar-refractivity contribution is 7.93. The molecule has 0 spiro atoms. The molecule has 25 heavy (non-hydrogen) atoms. The van der Waals surface area contributed by atoms with Crippen molar-refractivity contribution in [2.45, 2.75) is 6.54 Å². The van der Waals surface area contributed by atoms with Crippen LogP contribution in [0.2, 0.25) is 0 Å². The van der Waals surface area contributed by atoms with Gasteiger partial charge in [-0.1, -0.05) is 12.1 Å². The largest absolute Gasteiger partial charge is 0.497 e. The fourth-order valence-electron chi connectivity index (χ4n) is 2.10. The van der Waals surface area contributed by atoms with Crippen LogP contribution in [0, 0.1) is 15.9 Å². The number of halogens is 2. The van der Waals surface area contributed by atoms with Gasteiger partial charge in [0.25, 0.3) is 0 Å². The highest BCUT2D eigenvalue weighted by atomic mass is 35.5. The number of benzene rings is 2. The van der Waals surface area contributed by atoms with Crippen LogP contribution >= 0.6 is 11.6 Å². The number of hydrogen-bond donors (Lipinski definition) is 0. The molecule has 0 heterocycles. The van der Waals surface area contributed by atoms with Crippen LogP contribution in [0.5, 0.6) is 5.75 Å². The summed E-state index contributed by atoms with van der Waals surface area (Å²) in [6.45, 7) is -0.123. The molecule has 0 fully saturated rings. The van der Waals surface area contributed by atoms with E-state index in [1.165, 1.54) is 7.11 Å². The summed E-state index contributed by atoms with van der Waals surface area (Å²) in [7, 11) is -2.46. The molecule has 0 saturated heterocycles. The van der Waals surface area contributed by atoms with Crippen molar-refractivity contribution in [2.24, 2.45) is 0 Å². The van der Waals surface area contributed by atoms with Gasteiger partial charge in [-0.3, -0.25) is 14.4 Å². The molecule has 0 saturated carbocycles. The van der Waals surface area contributed by atoms with Gasteiger partial charge in [0, 0.05) is 6.07 Å². The number of nitrogens with zero attached hydrogens (tertiary/aromatic N) is 2. The minimum atomic E-state index is -3.96. The van der Waals surface area contributed by atoms with Gasteiger partial charge < -0.3 is 4.74 Å². The van der Waals surface area contributed by atoms with Gasteiger partial charge in [-0.15, -0.1) is 11.6 Å². The first-order valence-corrected chi connectivity index (χ1v) is 9.06. The van der Waals surface area contributed by atoms with E-state index in [1.807, 2.05) is 0 Å². The predicted molar refractivity (Wildman–Crippen MR) is 91.9 cm³/mol. The number of alkyl halides is 1. The van der Waals surface area contributed by atoms with E-state index in [1.54, 1.807) is 24.3 Å². The molecule has 0 atom stereocenters. The van der Waals surface area contributed by atoms with Gasteiger partial charge >= 0.3 is 5.69 Å². The van der Waals surface area contributed by atoms with Gasteiger partial charge in [-0.2, -0.15) is 4.39 Å². The van der Waals surface area contributed by atoms with Crippen molar-refractivity contribution < 1.29 is 22.5 Å². The quantitative estimate of drug-likeness (QED) is 0.412. The van der Waals surface area contributed by atoms with Crippen molar-refractivity contribution in [3.63, 3.8) is 0 Å². The lowest BCUT2D eigenvalue weighted by Crippen LogP contribution is -2.31. The number of nitro benzene ring substituents is 1. The SMILES string of the molecule is COc1ccc(CN(c2ccc(F)c([N+](=O)[O-])c2)S(=O)(=O)CCl)cc1. The highest BCUT2D eigenvalue weighted by Crippen LogP contribution is 2.28. The Morgan fingerprint density at radius 1 is 1.24 bits per heavy atom. The van der Waals surface area contributed by atoms with Gasteiger partial charge in [0.15, 0.2) is 0 Å². The zero-order chi connectivity index (χ0) is 18.6. The molecule has 0 aliphatic heterocycles. The lowest BCUT2D eigenvalue weighted by Gasteiger charge is -2.23. The molecule has 2 aromatic carbocycles. The van der Waals surface area contributed by atoms with E-state index in [2.05, 4.69) is 0 Å². The van der Waals surface area contributed by atoms with Crippen LogP contribution in [-0.4, -0.2) is 25.7 Å². The number of rotatable bonds is 7. The van der Waals surface area contributed by atoms with E-state index in [-0.39, 0.29) is 12.2 Å². The van der Waals surface area contributed by atoms with Gasteiger partial charge in [-0.05, 0) is 29.8 Å². The Labute approximate surface area is 148 Å². The Morgan fingerprint density at radius 2 is 1.88 bits per heavy atom. The Kier molecular flexibility index (Phi) is 5.81. The van der Waals surface area contributed by atoms with Crippen LogP contribution in [0.25, 0.3) is 0 Å². The first-order valence-electron chi connectivity index (χ1n) is 6.91. The number of hydrogen-bond acceptors (Lipinski definition) is 5. The van der Waals surface area contributed by atoms with Crippen LogP contribution in [0.4, 0.5) is 15.8 Å². The molecule has 0 bridgehead atoms. The lowest BCUT2D eigenvalue weighted by molar-refractivity contribution is -0.387. The van der Waals surface area contributed by atoms with E-state index in [4.69, 9.17) is 16.3 Å². The summed E-state index contributed by atoms with van der Waals surface area (Å²) >= 11 is 5.53. The maximum Gasteiger partial charge on any atom is 0.306 e. The molecule has 10 heteroatoms. The van der Waals surface area contributed by atoms with E-state index in [0.29, 0.717) is 11.3 Å². The maximum absolute atomic E-state index is 13.5.